The van der Waals surface area contributed by atoms with Crippen LogP contribution < -0.4 is 5.32 Å². The molecule has 9 nitrogen and oxygen atoms in total. The molecule has 0 aliphatic carbocycles. The number of anilines is 1. The number of aromatic nitrogens is 5. The highest BCUT2D eigenvalue weighted by molar-refractivity contribution is 7.91. The van der Waals surface area contributed by atoms with Crippen molar-refractivity contribution in [3.05, 3.63) is 67.0 Å². The van der Waals surface area contributed by atoms with Crippen LogP contribution in [0.25, 0.3) is 11.0 Å². The van der Waals surface area contributed by atoms with Crippen LogP contribution in [0.2, 0.25) is 0 Å². The first-order chi connectivity index (χ1) is 14.0. The Kier molecular flexibility index (Phi) is 5.09. The lowest BCUT2D eigenvalue weighted by Crippen LogP contribution is -2.17. The Balaban J connectivity index is 1.36. The molecule has 2 aromatic carbocycles. The van der Waals surface area contributed by atoms with E-state index in [0.717, 1.165) is 11.0 Å². The molecule has 2 aromatic heterocycles. The molecular formula is C19H18N6O3S. The largest absolute Gasteiger partial charge is 0.323 e. The molecule has 10 heteroatoms. The highest BCUT2D eigenvalue weighted by Gasteiger charge is 2.16. The van der Waals surface area contributed by atoms with Crippen LogP contribution in [-0.2, 0) is 21.3 Å². The minimum Gasteiger partial charge on any atom is -0.323 e. The molecule has 2 heterocycles. The molecule has 0 saturated carbocycles. The Labute approximate surface area is 166 Å². The van der Waals surface area contributed by atoms with Crippen molar-refractivity contribution in [3.8, 4) is 0 Å². The third kappa shape index (κ3) is 4.32. The fraction of sp³-hybridized carbons (Fsp3) is 0.158. The Hall–Kier alpha value is -3.53. The van der Waals surface area contributed by atoms with Crippen molar-refractivity contribution < 1.29 is 13.2 Å². The maximum absolute atomic E-state index is 12.3. The van der Waals surface area contributed by atoms with Crippen LogP contribution in [-0.4, -0.2) is 44.9 Å². The molecule has 0 aliphatic rings. The molecule has 0 saturated heterocycles. The van der Waals surface area contributed by atoms with E-state index in [1.165, 1.54) is 18.3 Å². The van der Waals surface area contributed by atoms with Crippen molar-refractivity contribution in [2.24, 2.45) is 0 Å². The Morgan fingerprint density at radius 2 is 1.79 bits per heavy atom. The monoisotopic (exact) mass is 410 g/mol. The molecular weight excluding hydrogens is 392 g/mol. The summed E-state index contributed by atoms with van der Waals surface area (Å²) in [6.45, 7) is 0.332. The third-order valence-corrected chi connectivity index (χ3v) is 6.05. The van der Waals surface area contributed by atoms with Crippen molar-refractivity contribution in [1.29, 1.82) is 0 Å². The maximum atomic E-state index is 12.3. The number of benzene rings is 2. The Bertz CT molecular complexity index is 1250. The zero-order valence-electron chi connectivity index (χ0n) is 15.3. The number of carbonyl (C=O) groups is 1. The summed E-state index contributed by atoms with van der Waals surface area (Å²) < 4.78 is 27.8. The predicted octanol–water partition coefficient (Wildman–Crippen LogP) is 1.94. The van der Waals surface area contributed by atoms with Crippen molar-refractivity contribution in [1.82, 2.24) is 24.8 Å². The number of sulfone groups is 1. The molecule has 0 aliphatic heterocycles. The number of hydrogen-bond donors (Lipinski definition) is 1. The van der Waals surface area contributed by atoms with E-state index in [1.807, 2.05) is 24.3 Å². The highest BCUT2D eigenvalue weighted by Crippen LogP contribution is 2.13. The predicted molar refractivity (Wildman–Crippen MR) is 107 cm³/mol. The SMILES string of the molecule is O=C(CCS(=O)(=O)c1ccccc1)Nc1cnn(Cn2nnc3ccccc32)c1. The number of para-hydroxylation sites is 1. The first-order valence-electron chi connectivity index (χ1n) is 8.90. The topological polar surface area (TPSA) is 112 Å². The standard InChI is InChI=1S/C19H18N6O3S/c26-19(10-11-29(27,28)16-6-2-1-3-7-16)21-15-12-20-24(13-15)14-25-18-9-5-4-8-17(18)22-23-25/h1-9,12-13H,10-11,14H2,(H,21,26). The first-order valence-corrected chi connectivity index (χ1v) is 10.5. The van der Waals surface area contributed by atoms with Crippen LogP contribution >= 0.6 is 0 Å². The van der Waals surface area contributed by atoms with Crippen LogP contribution in [0.5, 0.6) is 0 Å². The first kappa shape index (κ1) is 18.8. The van der Waals surface area contributed by atoms with Gasteiger partial charge in [0.05, 0.1) is 34.2 Å². The van der Waals surface area contributed by atoms with Crippen LogP contribution in [0.4, 0.5) is 5.69 Å². The van der Waals surface area contributed by atoms with Gasteiger partial charge >= 0.3 is 0 Å². The second-order valence-electron chi connectivity index (χ2n) is 6.42. The van der Waals surface area contributed by atoms with Gasteiger partial charge in [0.2, 0.25) is 5.91 Å². The summed E-state index contributed by atoms with van der Waals surface area (Å²) in [6.07, 6.45) is 3.01. The van der Waals surface area contributed by atoms with E-state index in [0.29, 0.717) is 12.4 Å². The number of nitrogens with zero attached hydrogens (tertiary/aromatic N) is 5. The van der Waals surface area contributed by atoms with Crippen LogP contribution in [0, 0.1) is 0 Å². The van der Waals surface area contributed by atoms with Gasteiger partial charge in [-0.25, -0.2) is 17.8 Å². The molecule has 29 heavy (non-hydrogen) atoms. The summed E-state index contributed by atoms with van der Waals surface area (Å²) in [5.41, 5.74) is 2.14. The minimum atomic E-state index is -3.50. The van der Waals surface area contributed by atoms with Crippen molar-refractivity contribution in [3.63, 3.8) is 0 Å². The fourth-order valence-corrected chi connectivity index (χ4v) is 4.12. The van der Waals surface area contributed by atoms with Crippen molar-refractivity contribution >= 4 is 32.5 Å². The van der Waals surface area contributed by atoms with Gasteiger partial charge in [-0.2, -0.15) is 5.10 Å². The number of carbonyl (C=O) groups excluding carboxylic acids is 1. The van der Waals surface area contributed by atoms with Crippen LogP contribution in [0.1, 0.15) is 6.42 Å². The third-order valence-electron chi connectivity index (χ3n) is 4.32. The van der Waals surface area contributed by atoms with E-state index in [2.05, 4.69) is 20.7 Å². The molecule has 0 atom stereocenters. The summed E-state index contributed by atoms with van der Waals surface area (Å²) in [6, 6.07) is 15.7. The fourth-order valence-electron chi connectivity index (χ4n) is 2.86. The molecule has 1 amide bonds. The Morgan fingerprint density at radius 3 is 2.62 bits per heavy atom. The van der Waals surface area contributed by atoms with Gasteiger partial charge in [-0.1, -0.05) is 35.5 Å². The number of amides is 1. The average molecular weight is 410 g/mol. The van der Waals surface area contributed by atoms with Crippen LogP contribution in [0.3, 0.4) is 0 Å². The van der Waals surface area contributed by atoms with E-state index in [9.17, 15) is 13.2 Å². The lowest BCUT2D eigenvalue weighted by Gasteiger charge is -2.05. The number of hydrogen-bond acceptors (Lipinski definition) is 6. The molecule has 4 aromatic rings. The van der Waals surface area contributed by atoms with Gasteiger partial charge in [-0.3, -0.25) is 4.79 Å². The number of fused-ring (bicyclic) bond motifs is 1. The normalized spacial score (nSPS) is 11.6. The van der Waals surface area contributed by atoms with Gasteiger partial charge in [-0.05, 0) is 24.3 Å². The molecule has 0 radical (unpaired) electrons. The average Bonchev–Trinajstić information content (AvgIpc) is 3.35. The van der Waals surface area contributed by atoms with Crippen LogP contribution in [0.15, 0.2) is 71.9 Å². The van der Waals surface area contributed by atoms with Gasteiger partial charge < -0.3 is 5.32 Å². The van der Waals surface area contributed by atoms with E-state index in [1.54, 1.807) is 33.8 Å². The lowest BCUT2D eigenvalue weighted by atomic mass is 10.3. The summed E-state index contributed by atoms with van der Waals surface area (Å²) in [4.78, 5) is 12.4. The zero-order valence-corrected chi connectivity index (χ0v) is 16.2. The molecule has 0 unspecified atom stereocenters. The summed E-state index contributed by atoms with van der Waals surface area (Å²) in [5, 5.41) is 15.1. The summed E-state index contributed by atoms with van der Waals surface area (Å²) in [7, 11) is -3.50. The van der Waals surface area contributed by atoms with E-state index in [4.69, 9.17) is 0 Å². The quantitative estimate of drug-likeness (QED) is 0.498. The molecule has 1 N–H and O–H groups in total. The van der Waals surface area contributed by atoms with Crippen molar-refractivity contribution in [2.45, 2.75) is 18.0 Å². The zero-order chi connectivity index (χ0) is 20.3. The molecule has 0 fully saturated rings. The minimum absolute atomic E-state index is 0.143. The highest BCUT2D eigenvalue weighted by atomic mass is 32.2. The molecule has 148 valence electrons. The molecule has 0 bridgehead atoms. The summed E-state index contributed by atoms with van der Waals surface area (Å²) >= 11 is 0. The number of nitrogens with one attached hydrogen (secondary N) is 1. The smallest absolute Gasteiger partial charge is 0.225 e. The van der Waals surface area contributed by atoms with Crippen molar-refractivity contribution in [2.75, 3.05) is 11.1 Å². The van der Waals surface area contributed by atoms with Gasteiger partial charge in [0, 0.05) is 6.42 Å². The number of rotatable bonds is 7. The van der Waals surface area contributed by atoms with Gasteiger partial charge in [0.15, 0.2) is 9.84 Å². The molecule has 0 spiro atoms. The maximum Gasteiger partial charge on any atom is 0.225 e. The van der Waals surface area contributed by atoms with E-state index in [-0.39, 0.29) is 17.1 Å². The Morgan fingerprint density at radius 1 is 1.03 bits per heavy atom. The second kappa shape index (κ2) is 7.84. The molecule has 4 rings (SSSR count). The van der Waals surface area contributed by atoms with Gasteiger partial charge in [-0.15, -0.1) is 5.10 Å². The lowest BCUT2D eigenvalue weighted by molar-refractivity contribution is -0.115. The van der Waals surface area contributed by atoms with E-state index < -0.39 is 15.7 Å². The second-order valence-corrected chi connectivity index (χ2v) is 8.53. The summed E-state index contributed by atoms with van der Waals surface area (Å²) in [5.74, 6) is -0.655. The van der Waals surface area contributed by atoms with Gasteiger partial charge in [0.25, 0.3) is 0 Å². The van der Waals surface area contributed by atoms with E-state index >= 15 is 0 Å². The van der Waals surface area contributed by atoms with Gasteiger partial charge in [0.1, 0.15) is 12.2 Å².